The van der Waals surface area contributed by atoms with Crippen LogP contribution in [-0.4, -0.2) is 64.8 Å². The van der Waals surface area contributed by atoms with Gasteiger partial charge in [-0.25, -0.2) is 14.4 Å². The molecule has 0 atom stereocenters. The van der Waals surface area contributed by atoms with Gasteiger partial charge in [-0.3, -0.25) is 4.79 Å². The van der Waals surface area contributed by atoms with Crippen molar-refractivity contribution < 1.29 is 33.4 Å². The van der Waals surface area contributed by atoms with Crippen LogP contribution in [0.3, 0.4) is 0 Å². The summed E-state index contributed by atoms with van der Waals surface area (Å²) in [6, 6.07) is 13.0. The minimum absolute atomic E-state index is 0.00348. The highest BCUT2D eigenvalue weighted by molar-refractivity contribution is 6.04. The number of hydrogen-bond donors (Lipinski definition) is 1. The number of hydrogen-bond acceptors (Lipinski definition) is 10. The van der Waals surface area contributed by atoms with Gasteiger partial charge in [0.05, 0.1) is 31.0 Å². The van der Waals surface area contributed by atoms with Gasteiger partial charge in [0.1, 0.15) is 0 Å². The first kappa shape index (κ1) is 23.1. The molecule has 33 heavy (non-hydrogen) atoms. The molecule has 170 valence electrons. The molecule has 1 heterocycles. The van der Waals surface area contributed by atoms with Crippen molar-refractivity contribution >= 4 is 29.5 Å². The third kappa shape index (κ3) is 5.97. The third-order valence-electron chi connectivity index (χ3n) is 4.24. The zero-order valence-corrected chi connectivity index (χ0v) is 17.7. The standard InChI is InChI=1S/C21H19N5O7/c1-31-20(29)14-8-9-15(21(30)32-2)16(10-14)22-17(27)12-33-18(28)11-26-24-19(23-25-26)13-6-4-3-5-7-13/h3-10H,11-12H2,1-2H3,(H,22,27). The van der Waals surface area contributed by atoms with Gasteiger partial charge in [0.25, 0.3) is 5.91 Å². The number of nitrogens with one attached hydrogen (secondary N) is 1. The number of methoxy groups -OCH3 is 2. The van der Waals surface area contributed by atoms with Crippen molar-refractivity contribution in [3.63, 3.8) is 0 Å². The van der Waals surface area contributed by atoms with Crippen LogP contribution in [0.5, 0.6) is 0 Å². The van der Waals surface area contributed by atoms with Gasteiger partial charge in [0.15, 0.2) is 13.2 Å². The van der Waals surface area contributed by atoms with Crippen LogP contribution in [0, 0.1) is 0 Å². The van der Waals surface area contributed by atoms with Crippen molar-refractivity contribution in [2.45, 2.75) is 6.54 Å². The SMILES string of the molecule is COC(=O)c1ccc(C(=O)OC)c(NC(=O)COC(=O)Cn2nnc(-c3ccccc3)n2)c1. The molecule has 0 radical (unpaired) electrons. The molecule has 0 spiro atoms. The van der Waals surface area contributed by atoms with E-state index in [0.717, 1.165) is 10.4 Å². The molecule has 0 aliphatic carbocycles. The fourth-order valence-corrected chi connectivity index (χ4v) is 2.69. The van der Waals surface area contributed by atoms with E-state index >= 15 is 0 Å². The molecule has 3 rings (SSSR count). The molecule has 0 bridgehead atoms. The minimum Gasteiger partial charge on any atom is -0.465 e. The van der Waals surface area contributed by atoms with Crippen LogP contribution in [0.15, 0.2) is 48.5 Å². The Hall–Kier alpha value is -4.61. The van der Waals surface area contributed by atoms with Gasteiger partial charge in [-0.15, -0.1) is 10.2 Å². The second-order valence-corrected chi connectivity index (χ2v) is 6.46. The monoisotopic (exact) mass is 453 g/mol. The lowest BCUT2D eigenvalue weighted by Crippen LogP contribution is -2.24. The van der Waals surface area contributed by atoms with Crippen LogP contribution in [0.2, 0.25) is 0 Å². The highest BCUT2D eigenvalue weighted by atomic mass is 16.5. The Morgan fingerprint density at radius 2 is 1.70 bits per heavy atom. The highest BCUT2D eigenvalue weighted by Gasteiger charge is 2.18. The van der Waals surface area contributed by atoms with Crippen molar-refractivity contribution in [2.24, 2.45) is 0 Å². The number of anilines is 1. The number of ether oxygens (including phenoxy) is 3. The molecule has 0 aliphatic rings. The molecule has 0 aliphatic heterocycles. The number of esters is 3. The van der Waals surface area contributed by atoms with Crippen LogP contribution in [0.1, 0.15) is 20.7 Å². The van der Waals surface area contributed by atoms with Gasteiger partial charge in [0, 0.05) is 5.56 Å². The molecule has 2 aromatic carbocycles. The fourth-order valence-electron chi connectivity index (χ4n) is 2.69. The van der Waals surface area contributed by atoms with Crippen molar-refractivity contribution in [2.75, 3.05) is 26.1 Å². The Balaban J connectivity index is 1.60. The summed E-state index contributed by atoms with van der Waals surface area (Å²) >= 11 is 0. The van der Waals surface area contributed by atoms with Gasteiger partial charge in [-0.1, -0.05) is 30.3 Å². The first-order valence-electron chi connectivity index (χ1n) is 9.50. The van der Waals surface area contributed by atoms with E-state index in [0.29, 0.717) is 5.82 Å². The van der Waals surface area contributed by atoms with Crippen LogP contribution >= 0.6 is 0 Å². The second kappa shape index (κ2) is 10.6. The molecule has 1 amide bonds. The van der Waals surface area contributed by atoms with E-state index in [4.69, 9.17) is 4.74 Å². The molecule has 0 unspecified atom stereocenters. The Labute approximate surface area is 187 Å². The fraction of sp³-hybridized carbons (Fsp3) is 0.190. The molecule has 0 saturated heterocycles. The summed E-state index contributed by atoms with van der Waals surface area (Å²) in [4.78, 5) is 49.0. The summed E-state index contributed by atoms with van der Waals surface area (Å²) < 4.78 is 14.2. The molecule has 3 aromatic rings. The molecule has 0 fully saturated rings. The predicted molar refractivity (Wildman–Crippen MR) is 112 cm³/mol. The summed E-state index contributed by atoms with van der Waals surface area (Å²) in [5.74, 6) is -2.58. The number of carbonyl (C=O) groups excluding carboxylic acids is 4. The average molecular weight is 453 g/mol. The maximum Gasteiger partial charge on any atom is 0.339 e. The number of aromatic nitrogens is 4. The van der Waals surface area contributed by atoms with Crippen LogP contribution in [-0.2, 0) is 30.3 Å². The van der Waals surface area contributed by atoms with Crippen molar-refractivity contribution in [1.29, 1.82) is 0 Å². The summed E-state index contributed by atoms with van der Waals surface area (Å²) in [6.45, 7) is -1.01. The van der Waals surface area contributed by atoms with E-state index < -0.39 is 30.4 Å². The van der Waals surface area contributed by atoms with E-state index in [2.05, 4.69) is 30.2 Å². The van der Waals surface area contributed by atoms with E-state index in [-0.39, 0.29) is 23.4 Å². The van der Waals surface area contributed by atoms with E-state index in [9.17, 15) is 19.2 Å². The van der Waals surface area contributed by atoms with E-state index in [1.54, 1.807) is 12.1 Å². The minimum atomic E-state index is -0.779. The molecule has 0 saturated carbocycles. The normalized spacial score (nSPS) is 10.2. The lowest BCUT2D eigenvalue weighted by Gasteiger charge is -2.11. The lowest BCUT2D eigenvalue weighted by atomic mass is 10.1. The van der Waals surface area contributed by atoms with Crippen LogP contribution in [0.4, 0.5) is 5.69 Å². The maximum atomic E-state index is 12.3. The quantitative estimate of drug-likeness (QED) is 0.388. The molecule has 1 aromatic heterocycles. The Morgan fingerprint density at radius 1 is 0.970 bits per heavy atom. The summed E-state index contributed by atoms with van der Waals surface area (Å²) in [5.41, 5.74) is 0.831. The molecular formula is C21H19N5O7. The largest absolute Gasteiger partial charge is 0.465 e. The Morgan fingerprint density at radius 3 is 2.39 bits per heavy atom. The summed E-state index contributed by atoms with van der Waals surface area (Å²) in [5, 5.41) is 14.2. The number of carbonyl (C=O) groups is 4. The molecule has 12 heteroatoms. The van der Waals surface area contributed by atoms with Gasteiger partial charge in [-0.05, 0) is 23.4 Å². The van der Waals surface area contributed by atoms with Crippen molar-refractivity contribution in [3.8, 4) is 11.4 Å². The highest BCUT2D eigenvalue weighted by Crippen LogP contribution is 2.20. The number of nitrogens with zero attached hydrogens (tertiary/aromatic N) is 4. The third-order valence-corrected chi connectivity index (χ3v) is 4.24. The van der Waals surface area contributed by atoms with Crippen LogP contribution < -0.4 is 5.32 Å². The maximum absolute atomic E-state index is 12.3. The Bertz CT molecular complexity index is 1180. The van der Waals surface area contributed by atoms with Gasteiger partial charge >= 0.3 is 17.9 Å². The number of benzene rings is 2. The molecule has 1 N–H and O–H groups in total. The molecular weight excluding hydrogens is 434 g/mol. The van der Waals surface area contributed by atoms with Gasteiger partial charge in [0.2, 0.25) is 5.82 Å². The van der Waals surface area contributed by atoms with Crippen molar-refractivity contribution in [3.05, 3.63) is 59.7 Å². The van der Waals surface area contributed by atoms with Crippen LogP contribution in [0.25, 0.3) is 11.4 Å². The topological polar surface area (TPSA) is 152 Å². The number of rotatable bonds is 8. The Kier molecular flexibility index (Phi) is 7.42. The summed E-state index contributed by atoms with van der Waals surface area (Å²) in [7, 11) is 2.37. The zero-order valence-electron chi connectivity index (χ0n) is 17.7. The first-order valence-corrected chi connectivity index (χ1v) is 9.50. The second-order valence-electron chi connectivity index (χ2n) is 6.46. The molecule has 12 nitrogen and oxygen atoms in total. The average Bonchev–Trinajstić information content (AvgIpc) is 3.30. The number of amides is 1. The van der Waals surface area contributed by atoms with Crippen molar-refractivity contribution in [1.82, 2.24) is 20.2 Å². The first-order chi connectivity index (χ1) is 15.9. The summed E-state index contributed by atoms with van der Waals surface area (Å²) in [6.07, 6.45) is 0. The van der Waals surface area contributed by atoms with E-state index in [1.807, 2.05) is 18.2 Å². The van der Waals surface area contributed by atoms with Gasteiger partial charge in [-0.2, -0.15) is 4.80 Å². The zero-order chi connectivity index (χ0) is 23.8. The predicted octanol–water partition coefficient (Wildman–Crippen LogP) is 1.10. The number of tetrazole rings is 1. The smallest absolute Gasteiger partial charge is 0.339 e. The lowest BCUT2D eigenvalue weighted by molar-refractivity contribution is -0.148. The van der Waals surface area contributed by atoms with E-state index in [1.165, 1.54) is 32.4 Å². The van der Waals surface area contributed by atoms with Gasteiger partial charge < -0.3 is 19.5 Å².